The molecule has 6 heteroatoms. The Kier molecular flexibility index (Phi) is 4.45. The molecule has 0 fully saturated rings. The number of nitro benzene ring substituents is 1. The summed E-state index contributed by atoms with van der Waals surface area (Å²) in [7, 11) is 0. The molecule has 0 N–H and O–H groups in total. The first-order chi connectivity index (χ1) is 11.7. The van der Waals surface area contributed by atoms with Crippen molar-refractivity contribution in [3.63, 3.8) is 0 Å². The number of non-ortho nitro benzene ring substituents is 1. The molecule has 0 saturated heterocycles. The maximum Gasteiger partial charge on any atom is 0.269 e. The molecule has 0 radical (unpaired) electrons. The van der Waals surface area contributed by atoms with Gasteiger partial charge in [-0.15, -0.1) is 11.3 Å². The van der Waals surface area contributed by atoms with Crippen molar-refractivity contribution in [1.82, 2.24) is 4.98 Å². The fraction of sp³-hybridized carbons (Fsp3) is 0. The number of benzene rings is 2. The van der Waals surface area contributed by atoms with Crippen LogP contribution >= 0.6 is 11.3 Å². The van der Waals surface area contributed by atoms with Crippen LogP contribution in [0.5, 0.6) is 0 Å². The second-order valence-electron chi connectivity index (χ2n) is 4.92. The number of nitrogens with zero attached hydrogens (tertiary/aromatic N) is 3. The maximum absolute atomic E-state index is 10.7. The van der Waals surface area contributed by atoms with Crippen LogP contribution in [-0.2, 0) is 0 Å². The van der Waals surface area contributed by atoms with Crippen molar-refractivity contribution in [2.45, 2.75) is 0 Å². The van der Waals surface area contributed by atoms with Gasteiger partial charge in [0.15, 0.2) is 0 Å². The monoisotopic (exact) mass is 333 g/mol. The molecule has 0 spiro atoms. The van der Waals surface area contributed by atoms with Gasteiger partial charge < -0.3 is 0 Å². The van der Waals surface area contributed by atoms with Crippen LogP contribution in [0.25, 0.3) is 22.9 Å². The van der Waals surface area contributed by atoms with Gasteiger partial charge in [-0.05, 0) is 23.8 Å². The Morgan fingerprint density at radius 2 is 1.88 bits per heavy atom. The number of aromatic nitrogens is 1. The fourth-order valence-electron chi connectivity index (χ4n) is 2.14. The summed E-state index contributed by atoms with van der Waals surface area (Å²) in [6, 6.07) is 17.9. The molecule has 116 valence electrons. The van der Waals surface area contributed by atoms with Crippen molar-refractivity contribution in [2.24, 2.45) is 0 Å². The highest BCUT2D eigenvalue weighted by atomic mass is 32.1. The van der Waals surface area contributed by atoms with Gasteiger partial charge in [0.05, 0.1) is 16.2 Å². The Hall–Kier alpha value is -3.30. The molecule has 5 nitrogen and oxygen atoms in total. The summed E-state index contributed by atoms with van der Waals surface area (Å²) in [5.74, 6) is 0. The molecule has 1 aromatic heterocycles. The Balaban J connectivity index is 1.90. The topological polar surface area (TPSA) is 79.8 Å². The third kappa shape index (κ3) is 3.37. The Bertz CT molecular complexity index is 938. The van der Waals surface area contributed by atoms with E-state index in [0.29, 0.717) is 16.1 Å². The summed E-state index contributed by atoms with van der Waals surface area (Å²) in [5.41, 5.74) is 2.98. The molecule has 0 bridgehead atoms. The smallest absolute Gasteiger partial charge is 0.258 e. The number of nitro groups is 1. The zero-order valence-electron chi connectivity index (χ0n) is 12.4. The van der Waals surface area contributed by atoms with Gasteiger partial charge in [0.1, 0.15) is 11.1 Å². The Morgan fingerprint density at radius 3 is 2.50 bits per heavy atom. The van der Waals surface area contributed by atoms with Crippen molar-refractivity contribution in [1.29, 1.82) is 5.26 Å². The molecule has 3 aromatic rings. The van der Waals surface area contributed by atoms with E-state index in [4.69, 9.17) is 0 Å². The zero-order chi connectivity index (χ0) is 16.9. The average Bonchev–Trinajstić information content (AvgIpc) is 3.11. The molecule has 0 atom stereocenters. The van der Waals surface area contributed by atoms with Crippen LogP contribution in [0, 0.1) is 21.4 Å². The third-order valence-electron chi connectivity index (χ3n) is 3.34. The average molecular weight is 333 g/mol. The minimum atomic E-state index is -0.453. The summed E-state index contributed by atoms with van der Waals surface area (Å²) >= 11 is 1.39. The SMILES string of the molecule is N#C/C(=C/c1ccc([N+](=O)[O-])cc1)c1nc(-c2ccccc2)cs1. The van der Waals surface area contributed by atoms with Gasteiger partial charge in [0.2, 0.25) is 0 Å². The first-order valence-corrected chi connectivity index (χ1v) is 7.93. The molecular weight excluding hydrogens is 322 g/mol. The van der Waals surface area contributed by atoms with Crippen molar-refractivity contribution >= 4 is 28.7 Å². The number of hydrogen-bond acceptors (Lipinski definition) is 5. The van der Waals surface area contributed by atoms with E-state index in [1.807, 2.05) is 35.7 Å². The van der Waals surface area contributed by atoms with Gasteiger partial charge in [0.25, 0.3) is 5.69 Å². The van der Waals surface area contributed by atoms with Gasteiger partial charge in [-0.2, -0.15) is 5.26 Å². The van der Waals surface area contributed by atoms with E-state index in [-0.39, 0.29) is 5.69 Å². The van der Waals surface area contributed by atoms with Gasteiger partial charge in [-0.3, -0.25) is 10.1 Å². The summed E-state index contributed by atoms with van der Waals surface area (Å²) in [6.07, 6.45) is 1.68. The molecule has 3 rings (SSSR count). The van der Waals surface area contributed by atoms with Gasteiger partial charge in [-0.25, -0.2) is 4.98 Å². The summed E-state index contributed by atoms with van der Waals surface area (Å²) < 4.78 is 0. The van der Waals surface area contributed by atoms with Gasteiger partial charge in [0, 0.05) is 23.1 Å². The van der Waals surface area contributed by atoms with E-state index in [2.05, 4.69) is 11.1 Å². The molecule has 0 amide bonds. The highest BCUT2D eigenvalue weighted by Crippen LogP contribution is 2.27. The van der Waals surface area contributed by atoms with E-state index < -0.39 is 4.92 Å². The Labute approximate surface area is 142 Å². The minimum absolute atomic E-state index is 0.0197. The minimum Gasteiger partial charge on any atom is -0.258 e. The lowest BCUT2D eigenvalue weighted by Crippen LogP contribution is -1.87. The molecule has 24 heavy (non-hydrogen) atoms. The normalized spacial score (nSPS) is 11.0. The number of hydrogen-bond donors (Lipinski definition) is 0. The third-order valence-corrected chi connectivity index (χ3v) is 4.22. The fourth-order valence-corrected chi connectivity index (χ4v) is 2.93. The first kappa shape index (κ1) is 15.6. The highest BCUT2D eigenvalue weighted by molar-refractivity contribution is 7.11. The predicted molar refractivity (Wildman–Crippen MR) is 94.1 cm³/mol. The van der Waals surface area contributed by atoms with Crippen LogP contribution in [0.3, 0.4) is 0 Å². The van der Waals surface area contributed by atoms with Gasteiger partial charge in [-0.1, -0.05) is 30.3 Å². The predicted octanol–water partition coefficient (Wildman–Crippen LogP) is 4.78. The Morgan fingerprint density at radius 1 is 1.17 bits per heavy atom. The van der Waals surface area contributed by atoms with E-state index >= 15 is 0 Å². The van der Waals surface area contributed by atoms with Crippen molar-refractivity contribution in [2.75, 3.05) is 0 Å². The lowest BCUT2D eigenvalue weighted by Gasteiger charge is -1.97. The number of thiazole rings is 1. The van der Waals surface area contributed by atoms with Crippen LogP contribution in [0.15, 0.2) is 60.0 Å². The molecule has 1 heterocycles. The molecule has 0 aliphatic heterocycles. The lowest BCUT2D eigenvalue weighted by molar-refractivity contribution is -0.384. The highest BCUT2D eigenvalue weighted by Gasteiger charge is 2.09. The second kappa shape index (κ2) is 6.86. The van der Waals surface area contributed by atoms with E-state index in [9.17, 15) is 15.4 Å². The molecule has 0 aliphatic rings. The standard InChI is InChI=1S/C18H11N3O2S/c19-11-15(10-13-6-8-16(9-7-13)21(22)23)18-20-17(12-24-18)14-4-2-1-3-5-14/h1-10,12H/b15-10-. The van der Waals surface area contributed by atoms with E-state index in [0.717, 1.165) is 11.3 Å². The van der Waals surface area contributed by atoms with E-state index in [1.54, 1.807) is 18.2 Å². The maximum atomic E-state index is 10.7. The van der Waals surface area contributed by atoms with Crippen molar-refractivity contribution < 1.29 is 4.92 Å². The van der Waals surface area contributed by atoms with Crippen molar-refractivity contribution in [3.8, 4) is 17.3 Å². The second-order valence-corrected chi connectivity index (χ2v) is 5.78. The quantitative estimate of drug-likeness (QED) is 0.391. The number of allylic oxidation sites excluding steroid dienone is 1. The van der Waals surface area contributed by atoms with Crippen molar-refractivity contribution in [3.05, 3.63) is 80.7 Å². The van der Waals surface area contributed by atoms with Crippen LogP contribution in [-0.4, -0.2) is 9.91 Å². The molecule has 2 aromatic carbocycles. The lowest BCUT2D eigenvalue weighted by atomic mass is 10.1. The summed E-state index contributed by atoms with van der Waals surface area (Å²) in [6.45, 7) is 0. The van der Waals surface area contributed by atoms with Crippen LogP contribution in [0.1, 0.15) is 10.6 Å². The molecule has 0 unspecified atom stereocenters. The van der Waals surface area contributed by atoms with Gasteiger partial charge >= 0.3 is 0 Å². The number of rotatable bonds is 4. The zero-order valence-corrected chi connectivity index (χ0v) is 13.2. The number of nitriles is 1. The molecular formula is C18H11N3O2S. The van der Waals surface area contributed by atoms with Crippen LogP contribution in [0.2, 0.25) is 0 Å². The first-order valence-electron chi connectivity index (χ1n) is 7.05. The summed E-state index contributed by atoms with van der Waals surface area (Å²) in [5, 5.41) is 22.6. The largest absolute Gasteiger partial charge is 0.269 e. The molecule has 0 aliphatic carbocycles. The molecule has 0 saturated carbocycles. The van der Waals surface area contributed by atoms with Crippen LogP contribution in [0.4, 0.5) is 5.69 Å². The van der Waals surface area contributed by atoms with E-state index in [1.165, 1.54) is 23.5 Å². The van der Waals surface area contributed by atoms with Crippen LogP contribution < -0.4 is 0 Å². The summed E-state index contributed by atoms with van der Waals surface area (Å²) in [4.78, 5) is 14.7.